The summed E-state index contributed by atoms with van der Waals surface area (Å²) in [7, 11) is -1.50. The lowest BCUT2D eigenvalue weighted by Gasteiger charge is -2.35. The van der Waals surface area contributed by atoms with Gasteiger partial charge in [-0.15, -0.1) is 0 Å². The topological polar surface area (TPSA) is 57.7 Å². The van der Waals surface area contributed by atoms with Crippen molar-refractivity contribution in [1.29, 1.82) is 0 Å². The van der Waals surface area contributed by atoms with Crippen molar-refractivity contribution in [2.24, 2.45) is 0 Å². The zero-order valence-corrected chi connectivity index (χ0v) is 19.9. The van der Waals surface area contributed by atoms with Crippen molar-refractivity contribution in [3.8, 4) is 11.8 Å². The van der Waals surface area contributed by atoms with Crippen LogP contribution in [0.5, 0.6) is 0 Å². The van der Waals surface area contributed by atoms with Gasteiger partial charge in [0, 0.05) is 43.4 Å². The SMILES string of the molecule is CN1C(=O)N(Cc2ccc(S(C)(=O)=O)cc2)Cc2cc(C#CCc3ccc(Cl)cc3)ccc21. The van der Waals surface area contributed by atoms with Crippen molar-refractivity contribution in [1.82, 2.24) is 4.90 Å². The number of urea groups is 1. The van der Waals surface area contributed by atoms with Gasteiger partial charge in [-0.05, 0) is 59.2 Å². The van der Waals surface area contributed by atoms with Gasteiger partial charge >= 0.3 is 6.03 Å². The van der Waals surface area contributed by atoms with Crippen LogP contribution >= 0.6 is 11.6 Å². The number of carbonyl (C=O) groups excluding carboxylic acids is 1. The summed E-state index contributed by atoms with van der Waals surface area (Å²) < 4.78 is 23.4. The normalized spacial score (nSPS) is 13.4. The molecule has 2 amide bonds. The summed E-state index contributed by atoms with van der Waals surface area (Å²) in [5.41, 5.74) is 4.74. The summed E-state index contributed by atoms with van der Waals surface area (Å²) in [5, 5.41) is 0.705. The van der Waals surface area contributed by atoms with Crippen LogP contribution in [0.4, 0.5) is 10.5 Å². The Kier molecular flexibility index (Phi) is 6.46. The number of rotatable bonds is 4. The molecule has 1 heterocycles. The second-order valence-electron chi connectivity index (χ2n) is 8.06. The maximum Gasteiger partial charge on any atom is 0.324 e. The van der Waals surface area contributed by atoms with E-state index in [1.165, 1.54) is 6.26 Å². The summed E-state index contributed by atoms with van der Waals surface area (Å²) in [4.78, 5) is 16.5. The number of halogens is 1. The Balaban J connectivity index is 1.50. The third kappa shape index (κ3) is 5.39. The molecule has 0 saturated carbocycles. The van der Waals surface area contributed by atoms with E-state index in [0.717, 1.165) is 27.9 Å². The molecule has 0 aliphatic carbocycles. The first-order chi connectivity index (χ1) is 15.7. The third-order valence-corrected chi connectivity index (χ3v) is 6.90. The summed E-state index contributed by atoms with van der Waals surface area (Å²) in [6, 6.07) is 20.1. The van der Waals surface area contributed by atoms with Gasteiger partial charge in [-0.25, -0.2) is 13.2 Å². The van der Waals surface area contributed by atoms with Crippen LogP contribution in [-0.4, -0.2) is 32.7 Å². The fourth-order valence-electron chi connectivity index (χ4n) is 3.74. The quantitative estimate of drug-likeness (QED) is 0.500. The van der Waals surface area contributed by atoms with E-state index in [1.807, 2.05) is 42.5 Å². The summed E-state index contributed by atoms with van der Waals surface area (Å²) in [6.07, 6.45) is 1.81. The second kappa shape index (κ2) is 9.30. The number of sulfone groups is 1. The molecule has 7 heteroatoms. The maximum atomic E-state index is 12.9. The van der Waals surface area contributed by atoms with Gasteiger partial charge in [-0.3, -0.25) is 4.90 Å². The molecule has 1 aliphatic rings. The fourth-order valence-corrected chi connectivity index (χ4v) is 4.50. The van der Waals surface area contributed by atoms with Crippen molar-refractivity contribution < 1.29 is 13.2 Å². The number of benzene rings is 3. The van der Waals surface area contributed by atoms with Crippen LogP contribution in [0.15, 0.2) is 71.6 Å². The highest BCUT2D eigenvalue weighted by molar-refractivity contribution is 7.90. The van der Waals surface area contributed by atoms with Crippen molar-refractivity contribution in [3.63, 3.8) is 0 Å². The maximum absolute atomic E-state index is 12.9. The van der Waals surface area contributed by atoms with Gasteiger partial charge < -0.3 is 4.90 Å². The molecule has 0 radical (unpaired) electrons. The van der Waals surface area contributed by atoms with Crippen LogP contribution in [0.1, 0.15) is 22.3 Å². The Morgan fingerprint density at radius 3 is 2.30 bits per heavy atom. The minimum absolute atomic E-state index is 0.101. The van der Waals surface area contributed by atoms with E-state index >= 15 is 0 Å². The molecule has 0 atom stereocenters. The molecule has 0 fully saturated rings. The van der Waals surface area contributed by atoms with E-state index in [1.54, 1.807) is 41.1 Å². The predicted molar refractivity (Wildman–Crippen MR) is 131 cm³/mol. The summed E-state index contributed by atoms with van der Waals surface area (Å²) in [5.74, 6) is 6.40. The molecule has 0 unspecified atom stereocenters. The summed E-state index contributed by atoms with van der Waals surface area (Å²) in [6.45, 7) is 0.845. The van der Waals surface area contributed by atoms with Crippen LogP contribution < -0.4 is 4.90 Å². The monoisotopic (exact) mass is 478 g/mol. The molecule has 3 aromatic rings. The predicted octanol–water partition coefficient (Wildman–Crippen LogP) is 4.91. The van der Waals surface area contributed by atoms with Gasteiger partial charge in [-0.2, -0.15) is 0 Å². The van der Waals surface area contributed by atoms with E-state index in [9.17, 15) is 13.2 Å². The molecule has 0 N–H and O–H groups in total. The first kappa shape index (κ1) is 22.9. The molecular formula is C26H23ClN2O3S. The Hall–Kier alpha value is -3.27. The zero-order valence-electron chi connectivity index (χ0n) is 18.4. The number of fused-ring (bicyclic) bond motifs is 1. The van der Waals surface area contributed by atoms with Crippen molar-refractivity contribution >= 4 is 33.2 Å². The number of nitrogens with zero attached hydrogens (tertiary/aromatic N) is 2. The molecule has 0 aromatic heterocycles. The van der Waals surface area contributed by atoms with Crippen molar-refractivity contribution in [2.45, 2.75) is 24.4 Å². The lowest BCUT2D eigenvalue weighted by Crippen LogP contribution is -2.44. The van der Waals surface area contributed by atoms with Crippen molar-refractivity contribution in [3.05, 3.63) is 94.0 Å². The van der Waals surface area contributed by atoms with Gasteiger partial charge in [0.1, 0.15) is 0 Å². The lowest BCUT2D eigenvalue weighted by atomic mass is 10.0. The highest BCUT2D eigenvalue weighted by Crippen LogP contribution is 2.29. The highest BCUT2D eigenvalue weighted by Gasteiger charge is 2.27. The average Bonchev–Trinajstić information content (AvgIpc) is 2.78. The molecule has 0 saturated heterocycles. The first-order valence-corrected chi connectivity index (χ1v) is 12.7. The lowest BCUT2D eigenvalue weighted by molar-refractivity contribution is 0.197. The fraction of sp³-hybridized carbons (Fsp3) is 0.192. The molecule has 0 bridgehead atoms. The average molecular weight is 479 g/mol. The summed E-state index contributed by atoms with van der Waals surface area (Å²) >= 11 is 5.93. The first-order valence-electron chi connectivity index (χ1n) is 10.4. The smallest absolute Gasteiger partial charge is 0.316 e. The van der Waals surface area contributed by atoms with Gasteiger partial charge in [0.15, 0.2) is 9.84 Å². The standard InChI is InChI=1S/C26H23ClN2O3S/c1-28-25-15-10-20(5-3-4-19-6-11-23(27)12-7-19)16-22(25)18-29(26(28)30)17-21-8-13-24(14-9-21)33(2,31)32/h6-16H,4,17-18H2,1-2H3. The zero-order chi connectivity index (χ0) is 23.6. The van der Waals surface area contributed by atoms with E-state index in [-0.39, 0.29) is 10.9 Å². The number of hydrogen-bond acceptors (Lipinski definition) is 3. The van der Waals surface area contributed by atoms with Crippen LogP contribution in [0.2, 0.25) is 5.02 Å². The highest BCUT2D eigenvalue weighted by atomic mass is 35.5. The minimum atomic E-state index is -3.25. The minimum Gasteiger partial charge on any atom is -0.316 e. The molecule has 5 nitrogen and oxygen atoms in total. The molecular weight excluding hydrogens is 456 g/mol. The van der Waals surface area contributed by atoms with E-state index < -0.39 is 9.84 Å². The number of carbonyl (C=O) groups is 1. The number of hydrogen-bond donors (Lipinski definition) is 0. The third-order valence-electron chi connectivity index (χ3n) is 5.52. The number of anilines is 1. The van der Waals surface area contributed by atoms with E-state index in [0.29, 0.717) is 24.5 Å². The van der Waals surface area contributed by atoms with Gasteiger partial charge in [-0.1, -0.05) is 47.7 Å². The molecule has 3 aromatic carbocycles. The van der Waals surface area contributed by atoms with Crippen molar-refractivity contribution in [2.75, 3.05) is 18.2 Å². The molecule has 33 heavy (non-hydrogen) atoms. The van der Waals surface area contributed by atoms with E-state index in [2.05, 4.69) is 11.8 Å². The van der Waals surface area contributed by atoms with Crippen LogP contribution in [0, 0.1) is 11.8 Å². The van der Waals surface area contributed by atoms with Gasteiger partial charge in [0.05, 0.1) is 10.6 Å². The largest absolute Gasteiger partial charge is 0.324 e. The Morgan fingerprint density at radius 1 is 0.970 bits per heavy atom. The van der Waals surface area contributed by atoms with Crippen LogP contribution in [0.3, 0.4) is 0 Å². The Bertz CT molecular complexity index is 1360. The second-order valence-corrected chi connectivity index (χ2v) is 10.5. The molecule has 0 spiro atoms. The molecule has 168 valence electrons. The number of amides is 2. The molecule has 4 rings (SSSR count). The van der Waals surface area contributed by atoms with Gasteiger partial charge in [0.2, 0.25) is 0 Å². The molecule has 1 aliphatic heterocycles. The van der Waals surface area contributed by atoms with Crippen LogP contribution in [0.25, 0.3) is 0 Å². The van der Waals surface area contributed by atoms with Crippen LogP contribution in [-0.2, 0) is 29.3 Å². The Morgan fingerprint density at radius 2 is 1.64 bits per heavy atom. The van der Waals surface area contributed by atoms with Gasteiger partial charge in [0.25, 0.3) is 0 Å². The van der Waals surface area contributed by atoms with E-state index in [4.69, 9.17) is 11.6 Å². The Labute approximate surface area is 199 Å².